The average Bonchev–Trinajstić information content (AvgIpc) is 3.00. The molecule has 0 aliphatic carbocycles. The standard InChI is InChI=1S/C20H27N5O3/c1-5-13(2)18(21-19(27)16-9-7-6-8-10-16)20(28)23-22-17(26)12-25-15(4)11-14(3)24-25/h6-11,13,18H,5,12H2,1-4H3,(H,21,27)(H,22,26)(H,23,28)/t13-,18-/m0/s1. The summed E-state index contributed by atoms with van der Waals surface area (Å²) < 4.78 is 1.56. The summed E-state index contributed by atoms with van der Waals surface area (Å²) in [4.78, 5) is 37.1. The van der Waals surface area contributed by atoms with Gasteiger partial charge in [-0.2, -0.15) is 5.10 Å². The summed E-state index contributed by atoms with van der Waals surface area (Å²) in [5.41, 5.74) is 6.93. The largest absolute Gasteiger partial charge is 0.340 e. The maximum Gasteiger partial charge on any atom is 0.261 e. The number of amides is 3. The Bertz CT molecular complexity index is 832. The van der Waals surface area contributed by atoms with Gasteiger partial charge in [-0.05, 0) is 38.0 Å². The molecule has 2 rings (SSSR count). The minimum absolute atomic E-state index is 0.00960. The zero-order valence-electron chi connectivity index (χ0n) is 16.7. The van der Waals surface area contributed by atoms with Gasteiger partial charge >= 0.3 is 0 Å². The second-order valence-electron chi connectivity index (χ2n) is 6.82. The fourth-order valence-corrected chi connectivity index (χ4v) is 2.74. The van der Waals surface area contributed by atoms with Crippen LogP contribution in [0.25, 0.3) is 0 Å². The summed E-state index contributed by atoms with van der Waals surface area (Å²) in [6.45, 7) is 7.48. The second kappa shape index (κ2) is 9.68. The van der Waals surface area contributed by atoms with E-state index in [0.29, 0.717) is 12.0 Å². The molecular weight excluding hydrogens is 358 g/mol. The fourth-order valence-electron chi connectivity index (χ4n) is 2.74. The highest BCUT2D eigenvalue weighted by molar-refractivity contribution is 5.97. The van der Waals surface area contributed by atoms with Crippen LogP contribution in [0.4, 0.5) is 0 Å². The van der Waals surface area contributed by atoms with Gasteiger partial charge in [0, 0.05) is 11.3 Å². The minimum atomic E-state index is -0.772. The van der Waals surface area contributed by atoms with Crippen LogP contribution in [-0.2, 0) is 16.1 Å². The number of benzene rings is 1. The summed E-state index contributed by atoms with van der Waals surface area (Å²) in [6.07, 6.45) is 0.687. The first-order valence-electron chi connectivity index (χ1n) is 9.27. The predicted molar refractivity (Wildman–Crippen MR) is 105 cm³/mol. The SMILES string of the molecule is CC[C@H](C)[C@H](NC(=O)c1ccccc1)C(=O)NNC(=O)Cn1nc(C)cc1C. The van der Waals surface area contributed by atoms with Crippen molar-refractivity contribution in [3.8, 4) is 0 Å². The van der Waals surface area contributed by atoms with Crippen LogP contribution in [0.15, 0.2) is 36.4 Å². The topological polar surface area (TPSA) is 105 Å². The average molecular weight is 385 g/mol. The van der Waals surface area contributed by atoms with E-state index in [9.17, 15) is 14.4 Å². The predicted octanol–water partition coefficient (Wildman–Crippen LogP) is 1.49. The normalized spacial score (nSPS) is 12.7. The van der Waals surface area contributed by atoms with Crippen molar-refractivity contribution in [2.75, 3.05) is 0 Å². The molecule has 2 atom stereocenters. The van der Waals surface area contributed by atoms with Crippen LogP contribution in [0.2, 0.25) is 0 Å². The molecule has 0 saturated heterocycles. The molecule has 8 nitrogen and oxygen atoms in total. The highest BCUT2D eigenvalue weighted by Crippen LogP contribution is 2.09. The first-order valence-corrected chi connectivity index (χ1v) is 9.27. The number of nitrogens with zero attached hydrogens (tertiary/aromatic N) is 2. The van der Waals surface area contributed by atoms with Crippen LogP contribution in [0, 0.1) is 19.8 Å². The molecule has 3 amide bonds. The van der Waals surface area contributed by atoms with E-state index in [4.69, 9.17) is 0 Å². The van der Waals surface area contributed by atoms with Crippen molar-refractivity contribution in [3.63, 3.8) is 0 Å². The molecule has 0 aliphatic heterocycles. The number of carbonyl (C=O) groups excluding carboxylic acids is 3. The van der Waals surface area contributed by atoms with Crippen molar-refractivity contribution in [1.29, 1.82) is 0 Å². The Morgan fingerprint density at radius 2 is 1.79 bits per heavy atom. The Kier molecular flexibility index (Phi) is 7.31. The zero-order valence-corrected chi connectivity index (χ0v) is 16.7. The number of carbonyl (C=O) groups is 3. The quantitative estimate of drug-likeness (QED) is 0.628. The van der Waals surface area contributed by atoms with Crippen molar-refractivity contribution >= 4 is 17.7 Å². The molecule has 0 saturated carbocycles. The van der Waals surface area contributed by atoms with E-state index in [1.807, 2.05) is 39.8 Å². The van der Waals surface area contributed by atoms with Gasteiger partial charge in [0.05, 0.1) is 5.69 Å². The van der Waals surface area contributed by atoms with Gasteiger partial charge in [-0.1, -0.05) is 38.5 Å². The molecule has 3 N–H and O–H groups in total. The van der Waals surface area contributed by atoms with Gasteiger partial charge in [-0.25, -0.2) is 0 Å². The number of nitrogens with one attached hydrogen (secondary N) is 3. The monoisotopic (exact) mass is 385 g/mol. The second-order valence-corrected chi connectivity index (χ2v) is 6.82. The number of rotatable bonds is 7. The van der Waals surface area contributed by atoms with Crippen LogP contribution < -0.4 is 16.2 Å². The van der Waals surface area contributed by atoms with Crippen molar-refractivity contribution in [1.82, 2.24) is 25.9 Å². The Balaban J connectivity index is 1.96. The van der Waals surface area contributed by atoms with Crippen LogP contribution in [0.3, 0.4) is 0 Å². The lowest BCUT2D eigenvalue weighted by molar-refractivity contribution is -0.131. The lowest BCUT2D eigenvalue weighted by Gasteiger charge is -2.23. The Hall–Kier alpha value is -3.16. The Labute approximate surface area is 164 Å². The molecule has 8 heteroatoms. The molecule has 28 heavy (non-hydrogen) atoms. The van der Waals surface area contributed by atoms with Gasteiger partial charge < -0.3 is 5.32 Å². The third-order valence-electron chi connectivity index (χ3n) is 4.54. The molecule has 0 spiro atoms. The van der Waals surface area contributed by atoms with Gasteiger partial charge in [0.15, 0.2) is 0 Å². The maximum atomic E-state index is 12.6. The van der Waals surface area contributed by atoms with Crippen molar-refractivity contribution < 1.29 is 14.4 Å². The van der Waals surface area contributed by atoms with E-state index < -0.39 is 17.9 Å². The molecule has 0 bridgehead atoms. The first kappa shape index (κ1) is 21.1. The third-order valence-corrected chi connectivity index (χ3v) is 4.54. The smallest absolute Gasteiger partial charge is 0.261 e. The third kappa shape index (κ3) is 5.67. The Morgan fingerprint density at radius 1 is 1.11 bits per heavy atom. The summed E-state index contributed by atoms with van der Waals surface area (Å²) in [6, 6.07) is 9.78. The van der Waals surface area contributed by atoms with Crippen molar-refractivity contribution in [2.24, 2.45) is 5.92 Å². The van der Waals surface area contributed by atoms with Crippen molar-refractivity contribution in [2.45, 2.75) is 46.7 Å². The van der Waals surface area contributed by atoms with Crippen LogP contribution in [-0.4, -0.2) is 33.5 Å². The Morgan fingerprint density at radius 3 is 2.36 bits per heavy atom. The van der Waals surface area contributed by atoms with E-state index >= 15 is 0 Å². The molecular formula is C20H27N5O3. The number of hydrogen-bond donors (Lipinski definition) is 3. The van der Waals surface area contributed by atoms with E-state index in [1.165, 1.54) is 0 Å². The lowest BCUT2D eigenvalue weighted by Crippen LogP contribution is -2.55. The van der Waals surface area contributed by atoms with Crippen LogP contribution in [0.1, 0.15) is 42.0 Å². The number of hydrogen-bond acceptors (Lipinski definition) is 4. The molecule has 2 aromatic rings. The van der Waals surface area contributed by atoms with Crippen molar-refractivity contribution in [3.05, 3.63) is 53.3 Å². The molecule has 1 aromatic heterocycles. The van der Waals surface area contributed by atoms with Crippen LogP contribution >= 0.6 is 0 Å². The van der Waals surface area contributed by atoms with Crippen LogP contribution in [0.5, 0.6) is 0 Å². The van der Waals surface area contributed by atoms with E-state index in [-0.39, 0.29) is 18.4 Å². The first-order chi connectivity index (χ1) is 13.3. The molecule has 0 aliphatic rings. The number of aryl methyl sites for hydroxylation is 2. The van der Waals surface area contributed by atoms with E-state index in [0.717, 1.165) is 11.4 Å². The number of hydrazine groups is 1. The van der Waals surface area contributed by atoms with E-state index in [1.54, 1.807) is 28.9 Å². The zero-order chi connectivity index (χ0) is 20.7. The van der Waals surface area contributed by atoms with Gasteiger partial charge in [0.2, 0.25) is 0 Å². The minimum Gasteiger partial charge on any atom is -0.340 e. The molecule has 0 radical (unpaired) electrons. The van der Waals surface area contributed by atoms with Gasteiger partial charge in [-0.15, -0.1) is 0 Å². The highest BCUT2D eigenvalue weighted by atomic mass is 16.2. The van der Waals surface area contributed by atoms with Gasteiger partial charge in [0.25, 0.3) is 17.7 Å². The molecule has 0 fully saturated rings. The number of aromatic nitrogens is 2. The summed E-state index contributed by atoms with van der Waals surface area (Å²) >= 11 is 0. The summed E-state index contributed by atoms with van der Waals surface area (Å²) in [5, 5.41) is 6.96. The summed E-state index contributed by atoms with van der Waals surface area (Å²) in [5.74, 6) is -1.33. The lowest BCUT2D eigenvalue weighted by atomic mass is 9.98. The molecule has 1 aromatic carbocycles. The maximum absolute atomic E-state index is 12.6. The fraction of sp³-hybridized carbons (Fsp3) is 0.400. The molecule has 150 valence electrons. The van der Waals surface area contributed by atoms with Gasteiger partial charge in [0.1, 0.15) is 12.6 Å². The van der Waals surface area contributed by atoms with Gasteiger partial charge in [-0.3, -0.25) is 29.9 Å². The molecule has 1 heterocycles. The highest BCUT2D eigenvalue weighted by Gasteiger charge is 2.26. The van der Waals surface area contributed by atoms with E-state index in [2.05, 4.69) is 21.3 Å². The molecule has 0 unspecified atom stereocenters. The summed E-state index contributed by atoms with van der Waals surface area (Å²) in [7, 11) is 0.